The molecule has 1 fully saturated rings. The van der Waals surface area contributed by atoms with Gasteiger partial charge in [0.05, 0.1) is 5.69 Å². The Morgan fingerprint density at radius 1 is 1.31 bits per heavy atom. The molecule has 2 N–H and O–H groups in total. The lowest BCUT2D eigenvalue weighted by Crippen LogP contribution is -2.53. The van der Waals surface area contributed by atoms with Crippen LogP contribution in [0.25, 0.3) is 0 Å². The zero-order valence-electron chi connectivity index (χ0n) is 10.1. The number of likely N-dealkylation sites (tertiary alicyclic amines) is 1. The molecule has 1 saturated heterocycles. The molecule has 88 valence electrons. The Morgan fingerprint density at radius 3 is 2.62 bits per heavy atom. The van der Waals surface area contributed by atoms with Crippen LogP contribution >= 0.6 is 0 Å². The van der Waals surface area contributed by atoms with Gasteiger partial charge in [0.1, 0.15) is 12.4 Å². The van der Waals surface area contributed by atoms with Gasteiger partial charge in [-0.3, -0.25) is 4.90 Å². The first-order chi connectivity index (χ1) is 7.57. The van der Waals surface area contributed by atoms with Gasteiger partial charge in [0, 0.05) is 19.6 Å². The SMILES string of the molecule is CC1(C)CN(CCOc2ccccc2N)C1. The average Bonchev–Trinajstić information content (AvgIpc) is 2.18. The fourth-order valence-electron chi connectivity index (χ4n) is 2.22. The highest BCUT2D eigenvalue weighted by atomic mass is 16.5. The van der Waals surface area contributed by atoms with Gasteiger partial charge in [-0.25, -0.2) is 0 Å². The Morgan fingerprint density at radius 2 is 2.00 bits per heavy atom. The van der Waals surface area contributed by atoms with Gasteiger partial charge in [-0.1, -0.05) is 26.0 Å². The number of rotatable bonds is 4. The van der Waals surface area contributed by atoms with Gasteiger partial charge in [-0.15, -0.1) is 0 Å². The molecule has 16 heavy (non-hydrogen) atoms. The van der Waals surface area contributed by atoms with Crippen LogP contribution in [0.2, 0.25) is 0 Å². The van der Waals surface area contributed by atoms with Crippen molar-refractivity contribution in [2.24, 2.45) is 5.41 Å². The summed E-state index contributed by atoms with van der Waals surface area (Å²) >= 11 is 0. The third kappa shape index (κ3) is 2.67. The van der Waals surface area contributed by atoms with Gasteiger partial charge >= 0.3 is 0 Å². The first-order valence-electron chi connectivity index (χ1n) is 5.76. The summed E-state index contributed by atoms with van der Waals surface area (Å²) in [6.45, 7) is 8.61. The molecule has 0 unspecified atom stereocenters. The topological polar surface area (TPSA) is 38.5 Å². The lowest BCUT2D eigenvalue weighted by molar-refractivity contribution is 0.0214. The first-order valence-corrected chi connectivity index (χ1v) is 5.76. The summed E-state index contributed by atoms with van der Waals surface area (Å²) < 4.78 is 5.64. The fraction of sp³-hybridized carbons (Fsp3) is 0.538. The molecular weight excluding hydrogens is 200 g/mol. The van der Waals surface area contributed by atoms with Gasteiger partial charge in [0.15, 0.2) is 0 Å². The number of nitrogen functional groups attached to an aromatic ring is 1. The third-order valence-corrected chi connectivity index (χ3v) is 2.89. The quantitative estimate of drug-likeness (QED) is 0.789. The highest BCUT2D eigenvalue weighted by Crippen LogP contribution is 2.28. The number of hydrogen-bond acceptors (Lipinski definition) is 3. The molecule has 1 aromatic rings. The first kappa shape index (κ1) is 11.3. The smallest absolute Gasteiger partial charge is 0.142 e. The van der Waals surface area contributed by atoms with Gasteiger partial charge < -0.3 is 10.5 Å². The van der Waals surface area contributed by atoms with Crippen LogP contribution in [0.5, 0.6) is 5.75 Å². The average molecular weight is 220 g/mol. The fourth-order valence-corrected chi connectivity index (χ4v) is 2.22. The molecule has 1 aliphatic heterocycles. The number of ether oxygens (including phenoxy) is 1. The van der Waals surface area contributed by atoms with Crippen LogP contribution in [0.3, 0.4) is 0 Å². The molecule has 0 amide bonds. The summed E-state index contributed by atoms with van der Waals surface area (Å²) in [7, 11) is 0. The van der Waals surface area contributed by atoms with E-state index in [0.717, 1.165) is 12.3 Å². The van der Waals surface area contributed by atoms with E-state index >= 15 is 0 Å². The van der Waals surface area contributed by atoms with Gasteiger partial charge in [0.25, 0.3) is 0 Å². The molecule has 1 aliphatic rings. The molecule has 3 nitrogen and oxygen atoms in total. The monoisotopic (exact) mass is 220 g/mol. The maximum absolute atomic E-state index is 5.79. The molecule has 1 aromatic carbocycles. The van der Waals surface area contributed by atoms with Crippen LogP contribution < -0.4 is 10.5 Å². The van der Waals surface area contributed by atoms with Crippen LogP contribution in [0.4, 0.5) is 5.69 Å². The van der Waals surface area contributed by atoms with Gasteiger partial charge in [-0.2, -0.15) is 0 Å². The zero-order chi connectivity index (χ0) is 11.6. The van der Waals surface area contributed by atoms with E-state index in [1.807, 2.05) is 24.3 Å². The van der Waals surface area contributed by atoms with Crippen molar-refractivity contribution in [1.82, 2.24) is 4.90 Å². The number of anilines is 1. The van der Waals surface area contributed by atoms with Crippen molar-refractivity contribution in [3.05, 3.63) is 24.3 Å². The van der Waals surface area contributed by atoms with Crippen molar-refractivity contribution in [3.63, 3.8) is 0 Å². The Bertz CT molecular complexity index is 355. The number of nitrogens with zero attached hydrogens (tertiary/aromatic N) is 1. The lowest BCUT2D eigenvalue weighted by atomic mass is 9.84. The van der Waals surface area contributed by atoms with Crippen molar-refractivity contribution >= 4 is 5.69 Å². The maximum atomic E-state index is 5.79. The molecular formula is C13H20N2O. The molecule has 0 atom stereocenters. The minimum Gasteiger partial charge on any atom is -0.490 e. The number of para-hydroxylation sites is 2. The van der Waals surface area contributed by atoms with Crippen molar-refractivity contribution in [1.29, 1.82) is 0 Å². The molecule has 3 heteroatoms. The van der Waals surface area contributed by atoms with E-state index in [4.69, 9.17) is 10.5 Å². The summed E-state index contributed by atoms with van der Waals surface area (Å²) in [5, 5.41) is 0. The molecule has 0 aromatic heterocycles. The number of nitrogens with two attached hydrogens (primary N) is 1. The van der Waals surface area contributed by atoms with Crippen molar-refractivity contribution in [3.8, 4) is 5.75 Å². The Hall–Kier alpha value is -1.22. The van der Waals surface area contributed by atoms with Crippen LogP contribution in [0.15, 0.2) is 24.3 Å². The Labute approximate surface area is 97.2 Å². The molecule has 0 bridgehead atoms. The van der Waals surface area contributed by atoms with Crippen molar-refractivity contribution < 1.29 is 4.74 Å². The third-order valence-electron chi connectivity index (χ3n) is 2.89. The second-order valence-electron chi connectivity index (χ2n) is 5.26. The lowest BCUT2D eigenvalue weighted by Gasteiger charge is -2.45. The van der Waals surface area contributed by atoms with E-state index in [1.165, 1.54) is 13.1 Å². The highest BCUT2D eigenvalue weighted by Gasteiger charge is 2.33. The molecule has 0 aliphatic carbocycles. The summed E-state index contributed by atoms with van der Waals surface area (Å²) in [5.74, 6) is 0.794. The standard InChI is InChI=1S/C13H20N2O/c1-13(2)9-15(10-13)7-8-16-12-6-4-3-5-11(12)14/h3-6H,7-10,14H2,1-2H3. The maximum Gasteiger partial charge on any atom is 0.142 e. The second kappa shape index (κ2) is 4.34. The van der Waals surface area contributed by atoms with Crippen LogP contribution in [-0.4, -0.2) is 31.1 Å². The van der Waals surface area contributed by atoms with E-state index in [1.54, 1.807) is 0 Å². The normalized spacial score (nSPS) is 19.1. The predicted octanol–water partition coefficient (Wildman–Crippen LogP) is 1.99. The van der Waals surface area contributed by atoms with Gasteiger partial charge in [-0.05, 0) is 17.5 Å². The molecule has 0 saturated carbocycles. The Balaban J connectivity index is 1.71. The molecule has 1 heterocycles. The van der Waals surface area contributed by atoms with E-state index in [9.17, 15) is 0 Å². The van der Waals surface area contributed by atoms with E-state index in [-0.39, 0.29) is 0 Å². The van der Waals surface area contributed by atoms with E-state index in [2.05, 4.69) is 18.7 Å². The molecule has 0 spiro atoms. The van der Waals surface area contributed by atoms with Crippen molar-refractivity contribution in [2.75, 3.05) is 32.0 Å². The number of hydrogen-bond donors (Lipinski definition) is 1. The van der Waals surface area contributed by atoms with Crippen LogP contribution in [0.1, 0.15) is 13.8 Å². The molecule has 2 rings (SSSR count). The molecule has 0 radical (unpaired) electrons. The Kier molecular flexibility index (Phi) is 3.06. The van der Waals surface area contributed by atoms with Crippen molar-refractivity contribution in [2.45, 2.75) is 13.8 Å². The van der Waals surface area contributed by atoms with Gasteiger partial charge in [0.2, 0.25) is 0 Å². The highest BCUT2D eigenvalue weighted by molar-refractivity contribution is 5.51. The summed E-state index contributed by atoms with van der Waals surface area (Å²) in [4.78, 5) is 2.40. The summed E-state index contributed by atoms with van der Waals surface area (Å²) in [6, 6.07) is 7.63. The summed E-state index contributed by atoms with van der Waals surface area (Å²) in [5.41, 5.74) is 6.99. The minimum atomic E-state index is 0.492. The largest absolute Gasteiger partial charge is 0.490 e. The van der Waals surface area contributed by atoms with E-state index in [0.29, 0.717) is 17.7 Å². The number of benzene rings is 1. The van der Waals surface area contributed by atoms with E-state index < -0.39 is 0 Å². The van der Waals surface area contributed by atoms with Crippen LogP contribution in [-0.2, 0) is 0 Å². The zero-order valence-corrected chi connectivity index (χ0v) is 10.1. The predicted molar refractivity (Wildman–Crippen MR) is 66.6 cm³/mol. The minimum absolute atomic E-state index is 0.492. The van der Waals surface area contributed by atoms with Crippen LogP contribution in [0, 0.1) is 5.41 Å². The summed E-state index contributed by atoms with van der Waals surface area (Å²) in [6.07, 6.45) is 0. The second-order valence-corrected chi connectivity index (χ2v) is 5.26.